The van der Waals surface area contributed by atoms with E-state index >= 15 is 0 Å². The first-order chi connectivity index (χ1) is 12.3. The number of aliphatic hydroxyl groups is 1. The highest BCUT2D eigenvalue weighted by atomic mass is 16.5. The van der Waals surface area contributed by atoms with Crippen molar-refractivity contribution in [3.63, 3.8) is 0 Å². The van der Waals surface area contributed by atoms with Gasteiger partial charge < -0.3 is 20.1 Å². The number of para-hydroxylation sites is 2. The zero-order chi connectivity index (χ0) is 17.5. The lowest BCUT2D eigenvalue weighted by atomic mass is 10.2. The number of guanidine groups is 1. The zero-order valence-corrected chi connectivity index (χ0v) is 14.6. The van der Waals surface area contributed by atoms with Crippen molar-refractivity contribution in [1.29, 1.82) is 0 Å². The third kappa shape index (κ3) is 4.73. The lowest BCUT2D eigenvalue weighted by molar-refractivity contribution is 0.188. The van der Waals surface area contributed by atoms with Crippen molar-refractivity contribution in [1.82, 2.24) is 10.2 Å². The van der Waals surface area contributed by atoms with Crippen LogP contribution in [0.5, 0.6) is 11.5 Å². The molecular weight excluding hydrogens is 314 g/mol. The van der Waals surface area contributed by atoms with Crippen molar-refractivity contribution in [2.75, 3.05) is 19.6 Å². The van der Waals surface area contributed by atoms with E-state index in [1.807, 2.05) is 54.6 Å². The molecule has 0 amide bonds. The summed E-state index contributed by atoms with van der Waals surface area (Å²) in [5.74, 6) is 2.47. The number of likely N-dealkylation sites (tertiary alicyclic amines) is 1. The number of hydrogen-bond donors (Lipinski definition) is 2. The van der Waals surface area contributed by atoms with E-state index in [2.05, 4.69) is 17.1 Å². The molecular formula is C20H25N3O2. The minimum Gasteiger partial charge on any atom is -0.457 e. The van der Waals surface area contributed by atoms with Crippen molar-refractivity contribution in [3.05, 3.63) is 60.2 Å². The number of aliphatic imine (C=N–C) groups is 1. The molecule has 25 heavy (non-hydrogen) atoms. The van der Waals surface area contributed by atoms with E-state index in [1.165, 1.54) is 0 Å². The highest BCUT2D eigenvalue weighted by Crippen LogP contribution is 2.25. The Morgan fingerprint density at radius 3 is 2.68 bits per heavy atom. The fraction of sp³-hybridized carbons (Fsp3) is 0.350. The van der Waals surface area contributed by atoms with Gasteiger partial charge in [-0.15, -0.1) is 0 Å². The van der Waals surface area contributed by atoms with Crippen LogP contribution in [0.4, 0.5) is 0 Å². The molecule has 1 saturated heterocycles. The number of nitrogens with one attached hydrogen (secondary N) is 1. The van der Waals surface area contributed by atoms with Gasteiger partial charge in [0.25, 0.3) is 0 Å². The molecule has 1 aliphatic heterocycles. The minimum absolute atomic E-state index is 0.266. The standard InChI is InChI=1S/C20H25N3O2/c1-2-21-20(23-13-12-17(24)15-23)22-14-16-8-6-7-11-19(16)25-18-9-4-3-5-10-18/h3-11,17,24H,2,12-15H2,1H3,(H,21,22)/t17-/m1/s1. The van der Waals surface area contributed by atoms with Gasteiger partial charge in [0.05, 0.1) is 12.6 Å². The van der Waals surface area contributed by atoms with Crippen molar-refractivity contribution in [3.8, 4) is 11.5 Å². The SMILES string of the molecule is CCNC(=NCc1ccccc1Oc1ccccc1)N1CC[C@@H](O)C1. The Labute approximate surface area is 149 Å². The van der Waals surface area contributed by atoms with E-state index in [9.17, 15) is 5.11 Å². The first-order valence-corrected chi connectivity index (χ1v) is 8.78. The summed E-state index contributed by atoms with van der Waals surface area (Å²) in [4.78, 5) is 6.85. The van der Waals surface area contributed by atoms with Gasteiger partial charge in [-0.2, -0.15) is 0 Å². The predicted octanol–water partition coefficient (Wildman–Crippen LogP) is 3.01. The lowest BCUT2D eigenvalue weighted by Gasteiger charge is -2.21. The summed E-state index contributed by atoms with van der Waals surface area (Å²) in [5, 5.41) is 13.1. The average Bonchev–Trinajstić information content (AvgIpc) is 3.07. The first-order valence-electron chi connectivity index (χ1n) is 8.78. The third-order valence-electron chi connectivity index (χ3n) is 4.14. The molecule has 1 heterocycles. The van der Waals surface area contributed by atoms with Gasteiger partial charge in [-0.1, -0.05) is 36.4 Å². The molecule has 0 aliphatic carbocycles. The Hall–Kier alpha value is -2.53. The van der Waals surface area contributed by atoms with Crippen LogP contribution < -0.4 is 10.1 Å². The van der Waals surface area contributed by atoms with Crippen LogP contribution >= 0.6 is 0 Å². The van der Waals surface area contributed by atoms with Crippen LogP contribution in [0.1, 0.15) is 18.9 Å². The van der Waals surface area contributed by atoms with Crippen LogP contribution in [0.25, 0.3) is 0 Å². The number of benzene rings is 2. The number of aliphatic hydroxyl groups excluding tert-OH is 1. The molecule has 0 spiro atoms. The van der Waals surface area contributed by atoms with Gasteiger partial charge in [-0.05, 0) is 31.5 Å². The van der Waals surface area contributed by atoms with Gasteiger partial charge in [0.2, 0.25) is 0 Å². The fourth-order valence-corrected chi connectivity index (χ4v) is 2.87. The largest absolute Gasteiger partial charge is 0.457 e. The molecule has 0 bridgehead atoms. The van der Waals surface area contributed by atoms with Gasteiger partial charge >= 0.3 is 0 Å². The molecule has 2 aromatic rings. The number of nitrogens with zero attached hydrogens (tertiary/aromatic N) is 2. The molecule has 5 nitrogen and oxygen atoms in total. The Morgan fingerprint density at radius 1 is 1.20 bits per heavy atom. The maximum Gasteiger partial charge on any atom is 0.194 e. The van der Waals surface area contributed by atoms with Gasteiger partial charge in [-0.3, -0.25) is 0 Å². The fourth-order valence-electron chi connectivity index (χ4n) is 2.87. The Balaban J connectivity index is 1.75. The van der Waals surface area contributed by atoms with Crippen LogP contribution in [0.15, 0.2) is 59.6 Å². The van der Waals surface area contributed by atoms with Crippen LogP contribution in [0, 0.1) is 0 Å². The normalized spacial score (nSPS) is 17.6. The van der Waals surface area contributed by atoms with Gasteiger partial charge in [0.1, 0.15) is 11.5 Å². The van der Waals surface area contributed by atoms with Crippen molar-refractivity contribution in [2.24, 2.45) is 4.99 Å². The van der Waals surface area contributed by atoms with Gasteiger partial charge in [0.15, 0.2) is 5.96 Å². The predicted molar refractivity (Wildman–Crippen MR) is 100.0 cm³/mol. The summed E-state index contributed by atoms with van der Waals surface area (Å²) in [6.07, 6.45) is 0.524. The number of hydrogen-bond acceptors (Lipinski definition) is 3. The third-order valence-corrected chi connectivity index (χ3v) is 4.14. The quantitative estimate of drug-likeness (QED) is 0.649. The summed E-state index contributed by atoms with van der Waals surface area (Å²) in [5.41, 5.74) is 1.03. The monoisotopic (exact) mass is 339 g/mol. The number of ether oxygens (including phenoxy) is 1. The Morgan fingerprint density at radius 2 is 1.96 bits per heavy atom. The van der Waals surface area contributed by atoms with Crippen molar-refractivity contribution >= 4 is 5.96 Å². The molecule has 0 unspecified atom stereocenters. The first kappa shape index (κ1) is 17.3. The minimum atomic E-state index is -0.266. The second-order valence-electron chi connectivity index (χ2n) is 6.08. The van der Waals surface area contributed by atoms with Gasteiger partial charge in [0, 0.05) is 25.2 Å². The molecule has 0 aromatic heterocycles. The second kappa shape index (κ2) is 8.53. The maximum atomic E-state index is 9.77. The molecule has 0 saturated carbocycles. The van der Waals surface area contributed by atoms with E-state index in [-0.39, 0.29) is 6.10 Å². The van der Waals surface area contributed by atoms with Crippen LogP contribution in [0.3, 0.4) is 0 Å². The lowest BCUT2D eigenvalue weighted by Crippen LogP contribution is -2.40. The number of β-amino-alcohol motifs (C(OH)–C–C–N with tert-alkyl or cyclic N) is 1. The summed E-state index contributed by atoms with van der Waals surface area (Å²) >= 11 is 0. The molecule has 0 radical (unpaired) electrons. The topological polar surface area (TPSA) is 57.1 Å². The summed E-state index contributed by atoms with van der Waals surface area (Å²) in [7, 11) is 0. The van der Waals surface area contributed by atoms with E-state index in [0.29, 0.717) is 13.1 Å². The van der Waals surface area contributed by atoms with Crippen LogP contribution in [-0.2, 0) is 6.54 Å². The molecule has 1 fully saturated rings. The van der Waals surface area contributed by atoms with Crippen LogP contribution in [-0.4, -0.2) is 41.7 Å². The Kier molecular flexibility index (Phi) is 5.90. The van der Waals surface area contributed by atoms with E-state index in [1.54, 1.807) is 0 Å². The van der Waals surface area contributed by atoms with Crippen molar-refractivity contribution < 1.29 is 9.84 Å². The average molecular weight is 339 g/mol. The molecule has 5 heteroatoms. The molecule has 132 valence electrons. The van der Waals surface area contributed by atoms with E-state index < -0.39 is 0 Å². The van der Waals surface area contributed by atoms with E-state index in [4.69, 9.17) is 9.73 Å². The van der Waals surface area contributed by atoms with Gasteiger partial charge in [-0.25, -0.2) is 4.99 Å². The summed E-state index contributed by atoms with van der Waals surface area (Å²) in [6, 6.07) is 17.7. The molecule has 1 aliphatic rings. The summed E-state index contributed by atoms with van der Waals surface area (Å²) < 4.78 is 6.00. The molecule has 1 atom stereocenters. The highest BCUT2D eigenvalue weighted by Gasteiger charge is 2.22. The van der Waals surface area contributed by atoms with Crippen molar-refractivity contribution in [2.45, 2.75) is 26.0 Å². The van der Waals surface area contributed by atoms with E-state index in [0.717, 1.165) is 42.5 Å². The number of rotatable bonds is 5. The zero-order valence-electron chi connectivity index (χ0n) is 14.6. The summed E-state index contributed by atoms with van der Waals surface area (Å²) in [6.45, 7) is 4.84. The van der Waals surface area contributed by atoms with Crippen LogP contribution in [0.2, 0.25) is 0 Å². The molecule has 3 rings (SSSR count). The second-order valence-corrected chi connectivity index (χ2v) is 6.08. The molecule has 2 N–H and O–H groups in total. The maximum absolute atomic E-state index is 9.77. The Bertz CT molecular complexity index is 703. The highest BCUT2D eigenvalue weighted by molar-refractivity contribution is 5.80. The molecule has 2 aromatic carbocycles. The smallest absolute Gasteiger partial charge is 0.194 e.